The molecule has 4 heteroatoms. The van der Waals surface area contributed by atoms with Crippen LogP contribution in [0.1, 0.15) is 6.42 Å². The molecule has 0 amide bonds. The molecule has 58 valence electrons. The summed E-state index contributed by atoms with van der Waals surface area (Å²) in [4.78, 5) is 8.57. The Morgan fingerprint density at radius 3 is 2.90 bits per heavy atom. The molecule has 3 unspecified atom stereocenters. The lowest BCUT2D eigenvalue weighted by Crippen LogP contribution is -2.27. The van der Waals surface area contributed by atoms with E-state index in [9.17, 15) is 4.57 Å². The minimum Gasteiger partial charge on any atom is -0.346 e. The topological polar surface area (TPSA) is 63.3 Å². The molecular weight excluding hydrogens is 149 g/mol. The van der Waals surface area contributed by atoms with E-state index in [2.05, 4.69) is 6.58 Å². The van der Waals surface area contributed by atoms with Gasteiger partial charge in [-0.3, -0.25) is 4.57 Å². The molecular formula is C6H12NO2P. The summed E-state index contributed by atoms with van der Waals surface area (Å²) >= 11 is 0. The van der Waals surface area contributed by atoms with E-state index >= 15 is 0 Å². The van der Waals surface area contributed by atoms with Crippen LogP contribution in [-0.4, -0.2) is 16.6 Å². The first-order chi connectivity index (χ1) is 4.58. The summed E-state index contributed by atoms with van der Waals surface area (Å²) in [5.74, 6) is 0.258. The minimum atomic E-state index is -2.39. The Morgan fingerprint density at radius 2 is 2.60 bits per heavy atom. The molecule has 10 heavy (non-hydrogen) atoms. The number of hydrogen-bond donors (Lipinski definition) is 2. The predicted octanol–water partition coefficient (Wildman–Crippen LogP) is 0.357. The van der Waals surface area contributed by atoms with E-state index in [1.165, 1.54) is 0 Å². The molecule has 0 bridgehead atoms. The monoisotopic (exact) mass is 161 g/mol. The molecule has 3 N–H and O–H groups in total. The van der Waals surface area contributed by atoms with Crippen LogP contribution in [0.15, 0.2) is 12.7 Å². The molecule has 3 atom stereocenters. The van der Waals surface area contributed by atoms with Crippen molar-refractivity contribution in [1.82, 2.24) is 0 Å². The van der Waals surface area contributed by atoms with Crippen molar-refractivity contribution in [3.63, 3.8) is 0 Å². The van der Waals surface area contributed by atoms with Gasteiger partial charge in [0.2, 0.25) is 0 Å². The molecule has 3 nitrogen and oxygen atoms in total. The Kier molecular flexibility index (Phi) is 1.99. The SMILES string of the molecule is C=CC1CC1(N)C[PH](=O)O. The van der Waals surface area contributed by atoms with Crippen LogP contribution in [0.3, 0.4) is 0 Å². The largest absolute Gasteiger partial charge is 0.346 e. The summed E-state index contributed by atoms with van der Waals surface area (Å²) in [5, 5.41) is 0. The quantitative estimate of drug-likeness (QED) is 0.464. The highest BCUT2D eigenvalue weighted by atomic mass is 31.1. The summed E-state index contributed by atoms with van der Waals surface area (Å²) in [6.45, 7) is 3.57. The van der Waals surface area contributed by atoms with Gasteiger partial charge in [0, 0.05) is 11.7 Å². The van der Waals surface area contributed by atoms with Gasteiger partial charge in [-0.25, -0.2) is 0 Å². The first-order valence-corrected chi connectivity index (χ1v) is 4.78. The van der Waals surface area contributed by atoms with Gasteiger partial charge in [0.1, 0.15) is 0 Å². The smallest absolute Gasteiger partial charge is 0.190 e. The third-order valence-electron chi connectivity index (χ3n) is 1.94. The van der Waals surface area contributed by atoms with E-state index < -0.39 is 13.6 Å². The van der Waals surface area contributed by atoms with Gasteiger partial charge in [-0.2, -0.15) is 0 Å². The summed E-state index contributed by atoms with van der Waals surface area (Å²) in [6, 6.07) is 0. The highest BCUT2D eigenvalue weighted by Crippen LogP contribution is 2.45. The summed E-state index contributed by atoms with van der Waals surface area (Å²) in [6.07, 6.45) is 2.81. The molecule has 1 aliphatic carbocycles. The van der Waals surface area contributed by atoms with Crippen LogP contribution < -0.4 is 5.73 Å². The van der Waals surface area contributed by atoms with E-state index in [1.54, 1.807) is 6.08 Å². The normalized spacial score (nSPS) is 40.8. The summed E-state index contributed by atoms with van der Waals surface area (Å²) < 4.78 is 10.4. The third kappa shape index (κ3) is 1.48. The van der Waals surface area contributed by atoms with Crippen LogP contribution in [0.4, 0.5) is 0 Å². The average Bonchev–Trinajstić information content (AvgIpc) is 2.39. The van der Waals surface area contributed by atoms with E-state index in [1.807, 2.05) is 0 Å². The maximum absolute atomic E-state index is 10.4. The lowest BCUT2D eigenvalue weighted by atomic mass is 10.2. The molecule has 1 saturated carbocycles. The molecule has 0 spiro atoms. The second kappa shape index (κ2) is 2.50. The van der Waals surface area contributed by atoms with Crippen molar-refractivity contribution in [2.75, 3.05) is 6.16 Å². The van der Waals surface area contributed by atoms with Crippen LogP contribution in [0.25, 0.3) is 0 Å². The number of hydrogen-bond acceptors (Lipinski definition) is 2. The van der Waals surface area contributed by atoms with Crippen molar-refractivity contribution < 1.29 is 9.46 Å². The zero-order chi connectivity index (χ0) is 7.78. The van der Waals surface area contributed by atoms with Gasteiger partial charge in [-0.05, 0) is 12.3 Å². The van der Waals surface area contributed by atoms with E-state index in [0.29, 0.717) is 0 Å². The Hall–Kier alpha value is -0.110. The van der Waals surface area contributed by atoms with Crippen LogP contribution in [0.5, 0.6) is 0 Å². The molecule has 0 aromatic heterocycles. The molecule has 1 aliphatic rings. The molecule has 0 saturated heterocycles. The fourth-order valence-electron chi connectivity index (χ4n) is 1.15. The highest BCUT2D eigenvalue weighted by molar-refractivity contribution is 7.38. The van der Waals surface area contributed by atoms with E-state index in [0.717, 1.165) is 6.42 Å². The van der Waals surface area contributed by atoms with Gasteiger partial charge in [-0.1, -0.05) is 6.08 Å². The first kappa shape index (κ1) is 7.99. The van der Waals surface area contributed by atoms with Crippen molar-refractivity contribution >= 4 is 8.03 Å². The van der Waals surface area contributed by atoms with E-state index in [4.69, 9.17) is 10.6 Å². The maximum atomic E-state index is 10.4. The van der Waals surface area contributed by atoms with Gasteiger partial charge in [-0.15, -0.1) is 6.58 Å². The molecule has 1 fully saturated rings. The second-order valence-corrected chi connectivity index (χ2v) is 3.99. The van der Waals surface area contributed by atoms with Gasteiger partial charge in [0.05, 0.1) is 0 Å². The lowest BCUT2D eigenvalue weighted by molar-refractivity contribution is 0.494. The predicted molar refractivity (Wildman–Crippen MR) is 41.3 cm³/mol. The second-order valence-electron chi connectivity index (χ2n) is 2.85. The van der Waals surface area contributed by atoms with Gasteiger partial charge in [0.15, 0.2) is 8.03 Å². The van der Waals surface area contributed by atoms with Gasteiger partial charge >= 0.3 is 0 Å². The fraction of sp³-hybridized carbons (Fsp3) is 0.667. The molecule has 0 radical (unpaired) electrons. The van der Waals surface area contributed by atoms with Crippen molar-refractivity contribution in [3.05, 3.63) is 12.7 Å². The highest BCUT2D eigenvalue weighted by Gasteiger charge is 2.49. The average molecular weight is 161 g/mol. The van der Waals surface area contributed by atoms with Crippen LogP contribution >= 0.6 is 8.03 Å². The zero-order valence-electron chi connectivity index (χ0n) is 5.71. The summed E-state index contributed by atoms with van der Waals surface area (Å²) in [5.41, 5.74) is 5.30. The Bertz CT molecular complexity index is 183. The van der Waals surface area contributed by atoms with Crippen LogP contribution in [0, 0.1) is 5.92 Å². The molecule has 0 aromatic rings. The van der Waals surface area contributed by atoms with Gasteiger partial charge in [0.25, 0.3) is 0 Å². The van der Waals surface area contributed by atoms with Crippen molar-refractivity contribution in [2.45, 2.75) is 12.0 Å². The molecule has 0 heterocycles. The Balaban J connectivity index is 2.43. The van der Waals surface area contributed by atoms with Crippen molar-refractivity contribution in [3.8, 4) is 0 Å². The Labute approximate surface area is 60.8 Å². The van der Waals surface area contributed by atoms with Crippen LogP contribution in [-0.2, 0) is 4.57 Å². The Morgan fingerprint density at radius 1 is 2.00 bits per heavy atom. The summed E-state index contributed by atoms with van der Waals surface area (Å²) in [7, 11) is -2.39. The number of nitrogens with two attached hydrogens (primary N) is 1. The molecule has 0 aromatic carbocycles. The minimum absolute atomic E-state index is 0.244. The molecule has 1 rings (SSSR count). The standard InChI is InChI=1S/C6H12NO2P/c1-2-5-3-6(5,7)4-10(8)9/h2,5,10H,1,3-4,7H2,(H,8,9). The lowest BCUT2D eigenvalue weighted by Gasteiger charge is -2.05. The third-order valence-corrected chi connectivity index (χ3v) is 2.90. The van der Waals surface area contributed by atoms with Crippen LogP contribution in [0.2, 0.25) is 0 Å². The van der Waals surface area contributed by atoms with Gasteiger partial charge < -0.3 is 10.6 Å². The zero-order valence-corrected chi connectivity index (χ0v) is 6.71. The van der Waals surface area contributed by atoms with Crippen molar-refractivity contribution in [1.29, 1.82) is 0 Å². The maximum Gasteiger partial charge on any atom is 0.190 e. The first-order valence-electron chi connectivity index (χ1n) is 3.22. The molecule has 0 aliphatic heterocycles. The van der Waals surface area contributed by atoms with Crippen molar-refractivity contribution in [2.24, 2.45) is 11.7 Å². The fourth-order valence-corrected chi connectivity index (χ4v) is 2.12. The number of rotatable bonds is 3. The van der Waals surface area contributed by atoms with E-state index in [-0.39, 0.29) is 12.1 Å².